The fraction of sp³-hybridized carbons (Fsp3) is 0.556. The van der Waals surface area contributed by atoms with E-state index >= 15 is 4.39 Å². The molecule has 1 aliphatic heterocycles. The summed E-state index contributed by atoms with van der Waals surface area (Å²) in [5, 5.41) is 15.7. The number of aromatic amines is 1. The van der Waals surface area contributed by atoms with Crippen molar-refractivity contribution < 1.29 is 52.0 Å². The van der Waals surface area contributed by atoms with Crippen molar-refractivity contribution in [2.45, 2.75) is 29.1 Å². The Bertz CT molecular complexity index is 1060. The maximum absolute atomic E-state index is 15.4. The molecule has 1 saturated heterocycles. The number of phosphoric acid groups is 2. The van der Waals surface area contributed by atoms with Crippen LogP contribution in [0.3, 0.4) is 0 Å². The molecule has 14 nitrogen and oxygen atoms in total. The fourth-order valence-corrected chi connectivity index (χ4v) is 4.26. The first-order chi connectivity index (χ1) is 13.3. The average Bonchev–Trinajstić information content (AvgIpc) is 2.70. The van der Waals surface area contributed by atoms with Gasteiger partial charge in [-0.3, -0.25) is 18.9 Å². The molecule has 0 spiro atoms. The van der Waals surface area contributed by atoms with E-state index in [9.17, 15) is 33.8 Å². The summed E-state index contributed by atoms with van der Waals surface area (Å²) < 4.78 is 49.8. The molecule has 6 N–H and O–H groups in total. The van der Waals surface area contributed by atoms with Gasteiger partial charge in [0.05, 0.1) is 5.40 Å². The van der Waals surface area contributed by atoms with Gasteiger partial charge in [-0.1, -0.05) is 11.6 Å². The molecule has 0 amide bonds. The van der Waals surface area contributed by atoms with Gasteiger partial charge in [0, 0.05) is 6.20 Å². The average molecular weight is 486 g/mol. The van der Waals surface area contributed by atoms with E-state index in [2.05, 4.69) is 13.6 Å². The van der Waals surface area contributed by atoms with Crippen LogP contribution in [0.4, 0.5) is 4.39 Å². The quantitative estimate of drug-likeness (QED) is 0.171. The maximum atomic E-state index is 15.4. The van der Waals surface area contributed by atoms with Crippen LogP contribution in [0.15, 0.2) is 15.8 Å². The molecule has 1 unspecified atom stereocenters. The lowest BCUT2D eigenvalue weighted by Gasteiger charge is -2.41. The number of nitrogens with zero attached hydrogens (tertiary/aromatic N) is 1. The standard InChI is InChI=1S/C9H9B3ClFN2O12P2/c10-8(16-1-2(13)5(19)15-6(16)20)4(18)3(17)7(14,26-8)9(11,12)27-30(24,25)28-29(21,22)23/h1,3-4,17-18H,(H,24,25)(H,15,19,20)(H2,21,22,23)/t3-,4+,7-,8-/m0/s1. The van der Waals surface area contributed by atoms with Crippen molar-refractivity contribution in [3.8, 4) is 0 Å². The molecule has 21 heteroatoms. The number of hydrogen-bond acceptors (Lipinski definition) is 9. The van der Waals surface area contributed by atoms with Crippen LogP contribution in [-0.2, 0) is 28.3 Å². The summed E-state index contributed by atoms with van der Waals surface area (Å²) in [6.45, 7) is 0. The van der Waals surface area contributed by atoms with Gasteiger partial charge in [-0.15, -0.1) is 0 Å². The number of H-pyrrole nitrogens is 1. The number of phosphoric ester groups is 1. The Morgan fingerprint density at radius 2 is 1.80 bits per heavy atom. The summed E-state index contributed by atoms with van der Waals surface area (Å²) in [6.07, 6.45) is -5.03. The predicted octanol–water partition coefficient (Wildman–Crippen LogP) is -3.40. The van der Waals surface area contributed by atoms with Gasteiger partial charge in [0.25, 0.3) is 11.4 Å². The van der Waals surface area contributed by atoms with Crippen molar-refractivity contribution in [3.05, 3.63) is 32.1 Å². The van der Waals surface area contributed by atoms with Gasteiger partial charge in [0.2, 0.25) is 0 Å². The van der Waals surface area contributed by atoms with Gasteiger partial charge in [0.1, 0.15) is 46.4 Å². The van der Waals surface area contributed by atoms with Crippen molar-refractivity contribution in [3.63, 3.8) is 0 Å². The second-order valence-electron chi connectivity index (χ2n) is 5.92. The third kappa shape index (κ3) is 4.54. The summed E-state index contributed by atoms with van der Waals surface area (Å²) in [5.74, 6) is -4.13. The van der Waals surface area contributed by atoms with Gasteiger partial charge >= 0.3 is 21.3 Å². The monoisotopic (exact) mass is 486 g/mol. The molecule has 0 aromatic carbocycles. The highest BCUT2D eigenvalue weighted by Crippen LogP contribution is 2.61. The first-order valence-corrected chi connectivity index (χ1v) is 10.6. The Morgan fingerprint density at radius 3 is 2.30 bits per heavy atom. The zero-order valence-corrected chi connectivity index (χ0v) is 16.7. The first kappa shape index (κ1) is 25.5. The van der Waals surface area contributed by atoms with Crippen molar-refractivity contribution >= 4 is 50.8 Å². The van der Waals surface area contributed by atoms with E-state index in [-0.39, 0.29) is 4.57 Å². The van der Waals surface area contributed by atoms with Crippen LogP contribution >= 0.6 is 27.2 Å². The Balaban J connectivity index is 2.51. The highest BCUT2D eigenvalue weighted by molar-refractivity contribution is 7.60. The number of hydrogen-bond donors (Lipinski definition) is 6. The zero-order chi connectivity index (χ0) is 23.5. The summed E-state index contributed by atoms with van der Waals surface area (Å²) in [7, 11) is 4.42. The lowest BCUT2D eigenvalue weighted by Crippen LogP contribution is -2.60. The van der Waals surface area contributed by atoms with Gasteiger partial charge in [-0.05, 0) is 0 Å². The van der Waals surface area contributed by atoms with E-state index in [1.54, 1.807) is 4.98 Å². The molecule has 1 aromatic heterocycles. The molecule has 1 fully saturated rings. The zero-order valence-electron chi connectivity index (χ0n) is 14.2. The number of aromatic nitrogens is 2. The van der Waals surface area contributed by atoms with Gasteiger partial charge < -0.3 is 29.6 Å². The molecule has 160 valence electrons. The molecule has 0 bridgehead atoms. The van der Waals surface area contributed by atoms with Crippen molar-refractivity contribution in [1.82, 2.24) is 9.55 Å². The highest BCUT2D eigenvalue weighted by Gasteiger charge is 2.68. The molecular weight excluding hydrogens is 477 g/mol. The summed E-state index contributed by atoms with van der Waals surface area (Å²) in [4.78, 5) is 51.4. The minimum absolute atomic E-state index is 0.132. The van der Waals surface area contributed by atoms with Crippen LogP contribution in [0.1, 0.15) is 0 Å². The summed E-state index contributed by atoms with van der Waals surface area (Å²) in [6, 6.07) is 0. The second-order valence-corrected chi connectivity index (χ2v) is 9.08. The molecule has 6 radical (unpaired) electrons. The van der Waals surface area contributed by atoms with E-state index in [1.165, 1.54) is 0 Å². The Hall–Kier alpha value is -0.765. The number of aliphatic hydroxyl groups is 2. The van der Waals surface area contributed by atoms with Gasteiger partial charge in [-0.2, -0.15) is 4.31 Å². The Kier molecular flexibility index (Phi) is 6.52. The molecule has 5 atom stereocenters. The molecule has 1 aromatic rings. The summed E-state index contributed by atoms with van der Waals surface area (Å²) in [5.41, 5.74) is -5.61. The van der Waals surface area contributed by atoms with Crippen LogP contribution in [0.5, 0.6) is 0 Å². The molecule has 2 heterocycles. The highest BCUT2D eigenvalue weighted by atomic mass is 35.5. The van der Waals surface area contributed by atoms with Gasteiger partial charge in [-0.25, -0.2) is 18.3 Å². The Labute approximate surface area is 174 Å². The van der Waals surface area contributed by atoms with Crippen molar-refractivity contribution in [1.29, 1.82) is 0 Å². The van der Waals surface area contributed by atoms with Crippen molar-refractivity contribution in [2.24, 2.45) is 0 Å². The third-order valence-electron chi connectivity index (χ3n) is 3.70. The number of alkyl halides is 1. The van der Waals surface area contributed by atoms with E-state index < -0.39 is 61.0 Å². The number of nitrogens with one attached hydrogen (secondary N) is 1. The fourth-order valence-electron chi connectivity index (χ4n) is 2.40. The first-order valence-electron chi connectivity index (χ1n) is 7.20. The van der Waals surface area contributed by atoms with Crippen LogP contribution < -0.4 is 11.2 Å². The number of rotatable bonds is 6. The number of ether oxygens (including phenoxy) is 1. The lowest BCUT2D eigenvalue weighted by molar-refractivity contribution is -0.239. The molecule has 2 rings (SSSR count). The number of halogens is 2. The normalized spacial score (nSPS) is 32.1. The second kappa shape index (κ2) is 7.68. The van der Waals surface area contributed by atoms with Crippen LogP contribution in [0.2, 0.25) is 5.02 Å². The Morgan fingerprint density at radius 1 is 1.27 bits per heavy atom. The minimum atomic E-state index is -5.92. The van der Waals surface area contributed by atoms with Crippen molar-refractivity contribution in [2.75, 3.05) is 0 Å². The molecule has 1 aliphatic rings. The smallest absolute Gasteiger partial charge is 0.386 e. The third-order valence-corrected chi connectivity index (χ3v) is 6.18. The van der Waals surface area contributed by atoms with Crippen LogP contribution in [-0.4, -0.2) is 81.4 Å². The van der Waals surface area contributed by atoms with Crippen LogP contribution in [0, 0.1) is 0 Å². The van der Waals surface area contributed by atoms with Gasteiger partial charge in [0.15, 0.2) is 0 Å². The molecule has 0 saturated carbocycles. The molecule has 0 aliphatic carbocycles. The largest absolute Gasteiger partial charge is 0.480 e. The SMILES string of the molecule is [B]C([B])(OP(=O)(O)OP(=O)(O)O)[C@@]1(F)O[C@@]([B])(n2cc(Cl)c(=O)[nH]c2=O)[C@H](O)[C@@H]1O. The van der Waals surface area contributed by atoms with E-state index in [0.29, 0.717) is 6.20 Å². The van der Waals surface area contributed by atoms with E-state index in [0.717, 1.165) is 0 Å². The topological polar surface area (TPSA) is 218 Å². The lowest BCUT2D eigenvalue weighted by atomic mass is 9.59. The maximum Gasteiger partial charge on any atom is 0.480 e. The van der Waals surface area contributed by atoms with E-state index in [1.807, 2.05) is 0 Å². The molecular formula is C9H9B3ClFN2O12P2. The summed E-state index contributed by atoms with van der Waals surface area (Å²) >= 11 is 5.53. The minimum Gasteiger partial charge on any atom is -0.386 e. The number of aliphatic hydroxyl groups excluding tert-OH is 2. The molecule has 30 heavy (non-hydrogen) atoms. The van der Waals surface area contributed by atoms with Crippen LogP contribution in [0.25, 0.3) is 0 Å². The predicted molar refractivity (Wildman–Crippen MR) is 95.3 cm³/mol. The van der Waals surface area contributed by atoms with E-state index in [4.69, 9.17) is 44.9 Å².